The first-order valence-corrected chi connectivity index (χ1v) is 12.7. The predicted octanol–water partition coefficient (Wildman–Crippen LogP) is 5.58. The summed E-state index contributed by atoms with van der Waals surface area (Å²) in [4.78, 5) is 34.2. The fourth-order valence-corrected chi connectivity index (χ4v) is 4.24. The zero-order valence-electron chi connectivity index (χ0n) is 22.9. The summed E-state index contributed by atoms with van der Waals surface area (Å²) in [5.74, 6) is -3.03. The molecule has 5 rings (SSSR count). The largest absolute Gasteiger partial charge is 0.490 e. The number of piperidine rings is 1. The Hall–Kier alpha value is -4.47. The van der Waals surface area contributed by atoms with Crippen molar-refractivity contribution in [3.63, 3.8) is 0 Å². The second-order valence-electron chi connectivity index (χ2n) is 9.53. The van der Waals surface area contributed by atoms with E-state index in [4.69, 9.17) is 29.2 Å². The van der Waals surface area contributed by atoms with E-state index in [1.807, 2.05) is 38.6 Å². The van der Waals surface area contributed by atoms with Crippen LogP contribution in [0.5, 0.6) is 0 Å². The van der Waals surface area contributed by atoms with Gasteiger partial charge >= 0.3 is 24.3 Å². The highest BCUT2D eigenvalue weighted by molar-refractivity contribution is 5.89. The highest BCUT2D eigenvalue weighted by Gasteiger charge is 2.38. The molecule has 0 amide bonds. The fraction of sp³-hybridized carbons (Fsp3) is 0.370. The zero-order valence-corrected chi connectivity index (χ0v) is 22.9. The highest BCUT2D eigenvalue weighted by atomic mass is 19.4. The van der Waals surface area contributed by atoms with E-state index in [2.05, 4.69) is 37.6 Å². The van der Waals surface area contributed by atoms with Gasteiger partial charge in [-0.1, -0.05) is 0 Å². The third-order valence-electron chi connectivity index (χ3n) is 6.33. The van der Waals surface area contributed by atoms with Gasteiger partial charge in [-0.3, -0.25) is 14.9 Å². The third-order valence-corrected chi connectivity index (χ3v) is 6.33. The molecule has 0 unspecified atom stereocenters. The second-order valence-corrected chi connectivity index (χ2v) is 9.53. The molecule has 10 nitrogen and oxygen atoms in total. The third kappa shape index (κ3) is 9.26. The lowest BCUT2D eigenvalue weighted by Gasteiger charge is -2.31. The number of alkyl halides is 6. The van der Waals surface area contributed by atoms with Crippen LogP contribution in [0.1, 0.15) is 36.0 Å². The molecule has 5 heterocycles. The lowest BCUT2D eigenvalue weighted by Crippen LogP contribution is -2.32. The summed E-state index contributed by atoms with van der Waals surface area (Å²) in [6, 6.07) is 10.3. The van der Waals surface area contributed by atoms with E-state index in [-0.39, 0.29) is 0 Å². The lowest BCUT2D eigenvalue weighted by atomic mass is 9.92. The Bertz CT molecular complexity index is 1500. The fourth-order valence-electron chi connectivity index (χ4n) is 4.24. The molecule has 4 aromatic heterocycles. The van der Waals surface area contributed by atoms with Crippen molar-refractivity contribution in [2.24, 2.45) is 7.05 Å². The summed E-state index contributed by atoms with van der Waals surface area (Å²) in [6.07, 6.45) is -2.44. The summed E-state index contributed by atoms with van der Waals surface area (Å²) in [7, 11) is 2.04. The number of likely N-dealkylation sites (tertiary alicyclic amines) is 1. The minimum atomic E-state index is -5.08. The molecule has 232 valence electrons. The quantitative estimate of drug-likeness (QED) is 0.282. The van der Waals surface area contributed by atoms with E-state index in [1.165, 1.54) is 0 Å². The van der Waals surface area contributed by atoms with Crippen LogP contribution < -0.4 is 0 Å². The van der Waals surface area contributed by atoms with Crippen molar-refractivity contribution < 1.29 is 50.6 Å². The first-order chi connectivity index (χ1) is 20.1. The predicted molar refractivity (Wildman–Crippen MR) is 140 cm³/mol. The number of nitrogens with zero attached hydrogens (tertiary/aromatic N) is 5. The Kier molecular flexibility index (Phi) is 10.5. The number of pyridine rings is 2. The molecule has 1 fully saturated rings. The average molecular weight is 616 g/mol. The average Bonchev–Trinajstić information content (AvgIpc) is 3.53. The van der Waals surface area contributed by atoms with Gasteiger partial charge in [0.15, 0.2) is 0 Å². The van der Waals surface area contributed by atoms with Crippen molar-refractivity contribution >= 4 is 23.0 Å². The van der Waals surface area contributed by atoms with E-state index in [1.54, 1.807) is 6.20 Å². The molecule has 16 heteroatoms. The van der Waals surface area contributed by atoms with Crippen LogP contribution in [0.25, 0.3) is 22.3 Å². The van der Waals surface area contributed by atoms with Gasteiger partial charge < -0.3 is 19.2 Å². The van der Waals surface area contributed by atoms with Gasteiger partial charge in [0, 0.05) is 36.6 Å². The van der Waals surface area contributed by atoms with Crippen LogP contribution in [-0.4, -0.2) is 72.0 Å². The maximum Gasteiger partial charge on any atom is 0.490 e. The molecule has 43 heavy (non-hydrogen) atoms. The number of aryl methyl sites for hydroxylation is 2. The van der Waals surface area contributed by atoms with Crippen LogP contribution >= 0.6 is 0 Å². The van der Waals surface area contributed by atoms with E-state index in [9.17, 15) is 26.3 Å². The SMILES string of the molecule is Cc1ccc(CN2CCC(c3cc4c(ncn4C)c(-c4cccnc4)n3)CC2)o1.O=C(O)C(F)(F)F.O=C(O)C(F)(F)F. The first-order valence-electron chi connectivity index (χ1n) is 12.7. The van der Waals surface area contributed by atoms with Crippen LogP contribution in [0.15, 0.2) is 53.5 Å². The van der Waals surface area contributed by atoms with E-state index in [0.29, 0.717) is 5.92 Å². The topological polar surface area (TPSA) is 135 Å². The summed E-state index contributed by atoms with van der Waals surface area (Å²) in [5, 5.41) is 14.2. The van der Waals surface area contributed by atoms with Gasteiger partial charge in [-0.2, -0.15) is 26.3 Å². The summed E-state index contributed by atoms with van der Waals surface area (Å²) in [6.45, 7) is 4.99. The number of hydrogen-bond acceptors (Lipinski definition) is 7. The Morgan fingerprint density at radius 1 is 1.02 bits per heavy atom. The molecule has 2 N–H and O–H groups in total. The van der Waals surface area contributed by atoms with Crippen molar-refractivity contribution in [1.29, 1.82) is 0 Å². The highest BCUT2D eigenvalue weighted by Crippen LogP contribution is 2.33. The van der Waals surface area contributed by atoms with Crippen LogP contribution in [-0.2, 0) is 23.2 Å². The second kappa shape index (κ2) is 13.7. The Morgan fingerprint density at radius 2 is 1.63 bits per heavy atom. The van der Waals surface area contributed by atoms with Gasteiger partial charge in [0.05, 0.1) is 24.1 Å². The van der Waals surface area contributed by atoms with Gasteiger partial charge in [0.25, 0.3) is 0 Å². The minimum absolute atomic E-state index is 0.458. The normalized spacial score (nSPS) is 14.4. The van der Waals surface area contributed by atoms with Crippen molar-refractivity contribution in [1.82, 2.24) is 24.4 Å². The van der Waals surface area contributed by atoms with Crippen LogP contribution in [0.2, 0.25) is 0 Å². The summed E-state index contributed by atoms with van der Waals surface area (Å²) in [5.41, 5.74) is 5.18. The molecule has 1 aliphatic heterocycles. The molecular formula is C27H27F6N5O5. The van der Waals surface area contributed by atoms with Crippen molar-refractivity contribution in [3.8, 4) is 11.3 Å². The zero-order chi connectivity index (χ0) is 31.9. The van der Waals surface area contributed by atoms with Gasteiger partial charge in [-0.05, 0) is 63.2 Å². The molecule has 0 saturated carbocycles. The number of carboxylic acids is 2. The number of rotatable bonds is 4. The molecule has 1 aliphatic rings. The number of hydrogen-bond donors (Lipinski definition) is 2. The van der Waals surface area contributed by atoms with Crippen LogP contribution in [0.3, 0.4) is 0 Å². The van der Waals surface area contributed by atoms with Gasteiger partial charge in [-0.15, -0.1) is 0 Å². The smallest absolute Gasteiger partial charge is 0.475 e. The number of fused-ring (bicyclic) bond motifs is 1. The van der Waals surface area contributed by atoms with E-state index < -0.39 is 24.3 Å². The molecule has 0 atom stereocenters. The van der Waals surface area contributed by atoms with Crippen LogP contribution in [0, 0.1) is 6.92 Å². The van der Waals surface area contributed by atoms with E-state index >= 15 is 0 Å². The molecule has 1 saturated heterocycles. The number of carbonyl (C=O) groups is 2. The number of aliphatic carboxylic acids is 2. The molecule has 0 bridgehead atoms. The molecule has 0 aliphatic carbocycles. The van der Waals surface area contributed by atoms with Crippen molar-refractivity contribution in [2.45, 2.75) is 44.6 Å². The molecule has 0 spiro atoms. The maximum absolute atomic E-state index is 10.6. The number of imidazole rings is 1. The Labute approximate surface area is 240 Å². The van der Waals surface area contributed by atoms with Crippen molar-refractivity contribution in [3.05, 3.63) is 66.3 Å². The number of carboxylic acid groups (broad SMARTS) is 2. The monoisotopic (exact) mass is 615 g/mol. The van der Waals surface area contributed by atoms with Gasteiger partial charge in [0.1, 0.15) is 17.0 Å². The number of aromatic nitrogens is 4. The molecule has 0 radical (unpaired) electrons. The molecule has 0 aromatic carbocycles. The van der Waals surface area contributed by atoms with E-state index in [0.717, 1.165) is 72.0 Å². The molecule has 4 aromatic rings. The van der Waals surface area contributed by atoms with Gasteiger partial charge in [0.2, 0.25) is 0 Å². The van der Waals surface area contributed by atoms with Crippen LogP contribution in [0.4, 0.5) is 26.3 Å². The molecular weight excluding hydrogens is 588 g/mol. The first kappa shape index (κ1) is 33.0. The standard InChI is InChI=1S/C23H25N5O.2C2HF3O2/c1-16-5-6-19(29-16)14-28-10-7-17(8-11-28)20-12-21-23(25-15-27(21)2)22(26-20)18-4-3-9-24-13-18;2*3-2(4,5)1(6)7/h3-6,9,12-13,15,17H,7-8,10-11,14H2,1-2H3;2*(H,6,7). The number of halogens is 6. The lowest BCUT2D eigenvalue weighted by molar-refractivity contribution is -0.193. The van der Waals surface area contributed by atoms with Crippen molar-refractivity contribution in [2.75, 3.05) is 13.1 Å². The van der Waals surface area contributed by atoms with Gasteiger partial charge in [-0.25, -0.2) is 14.6 Å². The number of furan rings is 1. The Balaban J connectivity index is 0.000000303. The maximum atomic E-state index is 10.6. The minimum Gasteiger partial charge on any atom is -0.475 e. The summed E-state index contributed by atoms with van der Waals surface area (Å²) >= 11 is 0. The Morgan fingerprint density at radius 3 is 2.12 bits per heavy atom. The summed E-state index contributed by atoms with van der Waals surface area (Å²) < 4.78 is 71.3.